The molecule has 0 aromatic carbocycles. The fourth-order valence-corrected chi connectivity index (χ4v) is 4.54. The third-order valence-corrected chi connectivity index (χ3v) is 6.17. The maximum absolute atomic E-state index is 13.3. The Morgan fingerprint density at radius 1 is 1.14 bits per heavy atom. The van der Waals surface area contributed by atoms with Crippen molar-refractivity contribution in [2.24, 2.45) is 11.8 Å². The minimum Gasteiger partial charge on any atom is -0.449 e. The molecule has 0 unspecified atom stereocenters. The van der Waals surface area contributed by atoms with Crippen LogP contribution in [0.3, 0.4) is 0 Å². The maximum Gasteiger partial charge on any atom is 0.511 e. The van der Waals surface area contributed by atoms with Crippen molar-refractivity contribution < 1.29 is 19.4 Å². The van der Waals surface area contributed by atoms with Crippen LogP contribution in [0.1, 0.15) is 84.6 Å². The van der Waals surface area contributed by atoms with Crippen LogP contribution < -0.4 is 9.64 Å². The molecule has 1 heterocycles. The van der Waals surface area contributed by atoms with E-state index in [1.54, 1.807) is 11.1 Å². The molecule has 2 aliphatic rings. The van der Waals surface area contributed by atoms with Gasteiger partial charge in [-0.15, -0.1) is 0 Å². The van der Waals surface area contributed by atoms with Crippen molar-refractivity contribution in [1.82, 2.24) is 9.78 Å². The Bertz CT molecular complexity index is 686. The highest BCUT2D eigenvalue weighted by Gasteiger charge is 2.34. The van der Waals surface area contributed by atoms with Gasteiger partial charge in [-0.05, 0) is 58.3 Å². The molecule has 1 aromatic heterocycles. The summed E-state index contributed by atoms with van der Waals surface area (Å²) in [6, 6.07) is 0.107. The van der Waals surface area contributed by atoms with Crippen molar-refractivity contribution in [3.8, 4) is 5.75 Å². The molecule has 1 aromatic rings. The highest BCUT2D eigenvalue weighted by Crippen LogP contribution is 2.37. The number of aromatic nitrogens is 2. The highest BCUT2D eigenvalue weighted by atomic mass is 16.7. The number of carbonyl (C=O) groups excluding carboxylic acids is 1. The van der Waals surface area contributed by atoms with Crippen molar-refractivity contribution in [3.05, 3.63) is 6.20 Å². The Kier molecular flexibility index (Phi) is 6.62. The molecule has 2 saturated carbocycles. The Morgan fingerprint density at radius 2 is 1.79 bits per heavy atom. The highest BCUT2D eigenvalue weighted by molar-refractivity contribution is 5.96. The molecule has 3 rings (SSSR count). The molecule has 0 saturated heterocycles. The van der Waals surface area contributed by atoms with Crippen LogP contribution in [0.25, 0.3) is 0 Å². The van der Waals surface area contributed by atoms with Gasteiger partial charge in [0.05, 0.1) is 12.2 Å². The molecule has 1 amide bonds. The average molecular weight is 392 g/mol. The van der Waals surface area contributed by atoms with Gasteiger partial charge in [0.1, 0.15) is 0 Å². The van der Waals surface area contributed by atoms with Gasteiger partial charge in [-0.25, -0.2) is 4.79 Å². The number of ether oxygens (including phenoxy) is 1. The Morgan fingerprint density at radius 3 is 2.36 bits per heavy atom. The molecule has 2 aliphatic carbocycles. The van der Waals surface area contributed by atoms with Crippen LogP contribution in [0.15, 0.2) is 6.20 Å². The molecule has 156 valence electrons. The quantitative estimate of drug-likeness (QED) is 0.713. The zero-order valence-electron chi connectivity index (χ0n) is 17.3. The van der Waals surface area contributed by atoms with E-state index < -0.39 is 6.16 Å². The molecule has 0 bridgehead atoms. The van der Waals surface area contributed by atoms with Crippen LogP contribution in [0.4, 0.5) is 10.6 Å². The van der Waals surface area contributed by atoms with Gasteiger partial charge in [0, 0.05) is 12.0 Å². The van der Waals surface area contributed by atoms with E-state index in [1.165, 1.54) is 6.42 Å². The summed E-state index contributed by atoms with van der Waals surface area (Å²) in [6.07, 6.45) is 9.67. The molecule has 0 aliphatic heterocycles. The topological polar surface area (TPSA) is 84.7 Å². The zero-order valence-corrected chi connectivity index (χ0v) is 17.3. The van der Waals surface area contributed by atoms with E-state index in [-0.39, 0.29) is 29.7 Å². The van der Waals surface area contributed by atoms with Crippen LogP contribution in [0.2, 0.25) is 0 Å². The molecule has 0 spiro atoms. The standard InChI is InChI=1S/C21H33N3O4/c1-14(2)24(20(25)16-11-9-15(3)10-12-16)19-18(28-21(26)27)13-23(22-19)17-7-5-4-6-8-17/h13-17H,4-12H2,1-3H3,(H,26,27). The van der Waals surface area contributed by atoms with E-state index in [2.05, 4.69) is 12.0 Å². The molecule has 0 radical (unpaired) electrons. The first-order valence-electron chi connectivity index (χ1n) is 10.7. The first kappa shape index (κ1) is 20.7. The van der Waals surface area contributed by atoms with Crippen molar-refractivity contribution in [3.63, 3.8) is 0 Å². The number of carbonyl (C=O) groups is 2. The summed E-state index contributed by atoms with van der Waals surface area (Å²) in [5.74, 6) is 1.16. The predicted octanol–water partition coefficient (Wildman–Crippen LogP) is 5.01. The average Bonchev–Trinajstić information content (AvgIpc) is 3.05. The number of carboxylic acid groups (broad SMARTS) is 1. The molecule has 7 heteroatoms. The van der Waals surface area contributed by atoms with Crippen LogP contribution in [-0.2, 0) is 4.79 Å². The summed E-state index contributed by atoms with van der Waals surface area (Å²) in [6.45, 7) is 6.10. The van der Waals surface area contributed by atoms with E-state index in [0.29, 0.717) is 11.7 Å². The van der Waals surface area contributed by atoms with Crippen molar-refractivity contribution in [2.45, 2.75) is 90.6 Å². The van der Waals surface area contributed by atoms with E-state index in [0.717, 1.165) is 51.4 Å². The minimum atomic E-state index is -1.38. The molecule has 1 N–H and O–H groups in total. The first-order valence-corrected chi connectivity index (χ1v) is 10.7. The minimum absolute atomic E-state index is 0.0314. The van der Waals surface area contributed by atoms with Gasteiger partial charge < -0.3 is 9.84 Å². The fourth-order valence-electron chi connectivity index (χ4n) is 4.54. The summed E-state index contributed by atoms with van der Waals surface area (Å²) in [5.41, 5.74) is 0. The number of rotatable bonds is 5. The fraction of sp³-hybridized carbons (Fsp3) is 0.762. The van der Waals surface area contributed by atoms with Crippen molar-refractivity contribution in [2.75, 3.05) is 4.90 Å². The van der Waals surface area contributed by atoms with Crippen LogP contribution >= 0.6 is 0 Å². The maximum atomic E-state index is 13.3. The SMILES string of the molecule is CC1CCC(C(=O)N(c2nn(C3CCCCC3)cc2OC(=O)O)C(C)C)CC1. The Balaban J connectivity index is 1.90. The lowest BCUT2D eigenvalue weighted by atomic mass is 9.82. The Labute approximate surface area is 167 Å². The molecule has 0 atom stereocenters. The van der Waals surface area contributed by atoms with Gasteiger partial charge in [-0.1, -0.05) is 26.2 Å². The summed E-state index contributed by atoms with van der Waals surface area (Å²) in [5, 5.41) is 13.9. The first-order chi connectivity index (χ1) is 13.4. The number of amides is 1. The van der Waals surface area contributed by atoms with Crippen LogP contribution in [0, 0.1) is 11.8 Å². The second-order valence-electron chi connectivity index (χ2n) is 8.72. The molecule has 28 heavy (non-hydrogen) atoms. The number of hydrogen-bond acceptors (Lipinski definition) is 4. The van der Waals surface area contributed by atoms with Crippen molar-refractivity contribution in [1.29, 1.82) is 0 Å². The zero-order chi connectivity index (χ0) is 20.3. The normalized spacial score (nSPS) is 23.6. The monoisotopic (exact) mass is 391 g/mol. The lowest BCUT2D eigenvalue weighted by Crippen LogP contribution is -2.42. The van der Waals surface area contributed by atoms with Gasteiger partial charge in [0.25, 0.3) is 0 Å². The largest absolute Gasteiger partial charge is 0.511 e. The smallest absolute Gasteiger partial charge is 0.449 e. The summed E-state index contributed by atoms with van der Waals surface area (Å²) < 4.78 is 6.86. The predicted molar refractivity (Wildman–Crippen MR) is 107 cm³/mol. The summed E-state index contributed by atoms with van der Waals surface area (Å²) >= 11 is 0. The summed E-state index contributed by atoms with van der Waals surface area (Å²) in [4.78, 5) is 26.2. The Hall–Kier alpha value is -2.05. The third kappa shape index (κ3) is 4.67. The van der Waals surface area contributed by atoms with E-state index in [9.17, 15) is 14.7 Å². The third-order valence-electron chi connectivity index (χ3n) is 6.17. The molecule has 7 nitrogen and oxygen atoms in total. The van der Waals surface area contributed by atoms with E-state index in [1.807, 2.05) is 18.5 Å². The molecule has 2 fully saturated rings. The van der Waals surface area contributed by atoms with Gasteiger partial charge >= 0.3 is 6.16 Å². The number of hydrogen-bond donors (Lipinski definition) is 1. The lowest BCUT2D eigenvalue weighted by Gasteiger charge is -2.32. The summed E-state index contributed by atoms with van der Waals surface area (Å²) in [7, 11) is 0. The molecular weight excluding hydrogens is 358 g/mol. The molecular formula is C21H33N3O4. The van der Waals surface area contributed by atoms with Gasteiger partial charge in [-0.2, -0.15) is 5.10 Å². The van der Waals surface area contributed by atoms with Crippen LogP contribution in [-0.4, -0.2) is 33.0 Å². The van der Waals surface area contributed by atoms with Crippen LogP contribution in [0.5, 0.6) is 5.75 Å². The van der Waals surface area contributed by atoms with Gasteiger partial charge in [-0.3, -0.25) is 14.4 Å². The van der Waals surface area contributed by atoms with Gasteiger partial charge in [0.2, 0.25) is 11.7 Å². The van der Waals surface area contributed by atoms with Gasteiger partial charge in [0.15, 0.2) is 5.75 Å². The second-order valence-corrected chi connectivity index (χ2v) is 8.72. The van der Waals surface area contributed by atoms with E-state index >= 15 is 0 Å². The lowest BCUT2D eigenvalue weighted by molar-refractivity contribution is -0.124. The second kappa shape index (κ2) is 8.97. The number of anilines is 1. The van der Waals surface area contributed by atoms with E-state index in [4.69, 9.17) is 4.74 Å². The number of nitrogens with zero attached hydrogens (tertiary/aromatic N) is 3. The van der Waals surface area contributed by atoms with Crippen molar-refractivity contribution >= 4 is 17.9 Å².